The predicted molar refractivity (Wildman–Crippen MR) is 358 cm³/mol. The van der Waals surface area contributed by atoms with Crippen molar-refractivity contribution < 1.29 is 24.5 Å². The molecule has 0 N–H and O–H groups in total. The van der Waals surface area contributed by atoms with Gasteiger partial charge in [0.2, 0.25) is 0 Å². The topological polar surface area (TPSA) is 85.5 Å². The van der Waals surface area contributed by atoms with Gasteiger partial charge in [0.05, 0.1) is 50.9 Å². The van der Waals surface area contributed by atoms with E-state index in [-0.39, 0.29) is 31.9 Å². The number of para-hydroxylation sites is 5. The third kappa shape index (κ3) is 12.0. The molecule has 0 atom stereocenters. The van der Waals surface area contributed by atoms with Crippen molar-refractivity contribution >= 4 is 44.0 Å². The fourth-order valence-corrected chi connectivity index (χ4v) is 11.7. The molecule has 0 spiro atoms. The third-order valence-corrected chi connectivity index (χ3v) is 16.0. The summed E-state index contributed by atoms with van der Waals surface area (Å²) in [4.78, 5) is 14.5. The van der Waals surface area contributed by atoms with Crippen molar-refractivity contribution in [3.8, 4) is 73.7 Å². The SMILES string of the molecule is CC(C)c1cc(-c2ccc(-c3ccccc3)cc2)cc(C(C)C)c1-n1c(-c2[c-]ccc3c2oc2cc(C#N)ccc23)nc2ccccc21.CC(C)c1cccc(C(C)C)c1-n1c(-c2[c-]cccc2)nc2ccccc21.[Ir+3].[c-]1ccccc1-c1ccccn1. The Bertz CT molecular complexity index is 4650. The van der Waals surface area contributed by atoms with Crippen molar-refractivity contribution in [2.45, 2.75) is 79.1 Å². The molecular weight excluding hydrogens is 1250 g/mol. The monoisotopic (exact) mass is 1320 g/mol. The zero-order valence-corrected chi connectivity index (χ0v) is 53.1. The number of furan rings is 1. The minimum atomic E-state index is 0. The Morgan fingerprint density at radius 1 is 0.432 bits per heavy atom. The number of nitrogens with zero attached hydrogens (tertiary/aromatic N) is 6. The maximum atomic E-state index is 9.53. The molecule has 0 aliphatic rings. The first-order valence-electron chi connectivity index (χ1n) is 30.0. The van der Waals surface area contributed by atoms with Crippen LogP contribution in [0.15, 0.2) is 241 Å². The van der Waals surface area contributed by atoms with E-state index in [2.05, 4.69) is 227 Å². The second kappa shape index (κ2) is 26.5. The van der Waals surface area contributed by atoms with E-state index >= 15 is 0 Å². The fourth-order valence-electron chi connectivity index (χ4n) is 11.7. The van der Waals surface area contributed by atoms with E-state index in [0.717, 1.165) is 72.6 Å². The quantitative estimate of drug-likeness (QED) is 0.120. The Kier molecular flexibility index (Phi) is 18.0. The molecule has 8 heteroatoms. The van der Waals surface area contributed by atoms with Crippen LogP contribution in [-0.2, 0) is 20.1 Å². The normalized spacial score (nSPS) is 11.3. The molecule has 0 saturated carbocycles. The molecule has 0 saturated heterocycles. The first-order chi connectivity index (χ1) is 42.4. The summed E-state index contributed by atoms with van der Waals surface area (Å²) in [6.07, 6.45) is 1.79. The van der Waals surface area contributed by atoms with E-state index in [4.69, 9.17) is 14.4 Å². The summed E-state index contributed by atoms with van der Waals surface area (Å²) in [5, 5.41) is 11.5. The molecule has 432 valence electrons. The molecule has 0 radical (unpaired) electrons. The van der Waals surface area contributed by atoms with Gasteiger partial charge in [-0.3, -0.25) is 9.97 Å². The number of hydrogen-bond acceptors (Lipinski definition) is 5. The van der Waals surface area contributed by atoms with Crippen molar-refractivity contribution in [1.29, 1.82) is 5.26 Å². The molecule has 4 aromatic heterocycles. The van der Waals surface area contributed by atoms with Crippen LogP contribution >= 0.6 is 0 Å². The van der Waals surface area contributed by atoms with Gasteiger partial charge < -0.3 is 18.5 Å². The number of nitriles is 1. The van der Waals surface area contributed by atoms with Crippen molar-refractivity contribution in [3.63, 3.8) is 0 Å². The van der Waals surface area contributed by atoms with Crippen LogP contribution in [0, 0.1) is 29.5 Å². The molecular formula is C80H67IrN6O. The summed E-state index contributed by atoms with van der Waals surface area (Å²) >= 11 is 0. The number of hydrogen-bond donors (Lipinski definition) is 0. The molecule has 4 heterocycles. The molecule has 10 aromatic carbocycles. The van der Waals surface area contributed by atoms with E-state index in [1.807, 2.05) is 91.0 Å². The zero-order valence-electron chi connectivity index (χ0n) is 50.8. The first-order valence-corrected chi connectivity index (χ1v) is 30.0. The van der Waals surface area contributed by atoms with Crippen LogP contribution in [0.3, 0.4) is 0 Å². The molecule has 0 amide bonds. The Labute approximate surface area is 530 Å². The van der Waals surface area contributed by atoms with E-state index in [0.29, 0.717) is 28.6 Å². The molecule has 0 unspecified atom stereocenters. The van der Waals surface area contributed by atoms with E-state index in [1.54, 1.807) is 12.3 Å². The fraction of sp³-hybridized carbons (Fsp3) is 0.150. The standard InChI is InChI=1S/C44H34N3O.C25H25N2.C11H8N.Ir/c1-27(2)37-24-33(32-20-18-31(19-21-32)30-11-6-5-7-12-30)25-38(28(3)4)42(37)47-40-16-9-8-15-39(40)46-44(47)36-14-10-13-35-34-22-17-29(26-45)23-41(34)48-43(35)36;1-17(2)20-13-10-14-21(18(3)4)24(20)27-23-16-9-8-15-22(23)26-25(27)19-11-6-5-7-12-19;1-2-6-10(7-3-1)11-8-4-5-9-12-11;/h5-13,15-25,27-28H,1-4H3;5-11,13-18H,1-4H3;1-6,8-9H;/q3*-1;+3. The van der Waals surface area contributed by atoms with Crippen molar-refractivity contribution in [3.05, 3.63) is 283 Å². The average molecular weight is 1320 g/mol. The van der Waals surface area contributed by atoms with Crippen molar-refractivity contribution in [1.82, 2.24) is 24.1 Å². The second-order valence-electron chi connectivity index (χ2n) is 23.2. The third-order valence-electron chi connectivity index (χ3n) is 16.0. The van der Waals surface area contributed by atoms with Crippen molar-refractivity contribution in [2.24, 2.45) is 0 Å². The maximum Gasteiger partial charge on any atom is 3.00 e. The van der Waals surface area contributed by atoms with E-state index in [1.165, 1.54) is 50.2 Å². The van der Waals surface area contributed by atoms with Gasteiger partial charge in [-0.05, 0) is 128 Å². The Balaban J connectivity index is 0.000000166. The van der Waals surface area contributed by atoms with Gasteiger partial charge in [0.1, 0.15) is 5.58 Å². The van der Waals surface area contributed by atoms with E-state index < -0.39 is 0 Å². The minimum Gasteiger partial charge on any atom is -0.500 e. The van der Waals surface area contributed by atoms with Gasteiger partial charge in [-0.15, -0.1) is 90.0 Å². The van der Waals surface area contributed by atoms with Crippen LogP contribution in [0.4, 0.5) is 0 Å². The molecule has 14 aromatic rings. The minimum absolute atomic E-state index is 0. The summed E-state index contributed by atoms with van der Waals surface area (Å²) in [5.74, 6) is 3.06. The first kappa shape index (κ1) is 59.9. The maximum absolute atomic E-state index is 9.53. The number of aromatic nitrogens is 5. The Morgan fingerprint density at radius 3 is 1.52 bits per heavy atom. The molecule has 88 heavy (non-hydrogen) atoms. The van der Waals surface area contributed by atoms with Crippen LogP contribution in [-0.4, -0.2) is 24.1 Å². The van der Waals surface area contributed by atoms with Gasteiger partial charge in [-0.25, -0.2) is 0 Å². The van der Waals surface area contributed by atoms with Gasteiger partial charge in [-0.1, -0.05) is 182 Å². The molecule has 0 bridgehead atoms. The Hall–Kier alpha value is -9.77. The van der Waals surface area contributed by atoms with Crippen LogP contribution < -0.4 is 0 Å². The van der Waals surface area contributed by atoms with Crippen LogP contribution in [0.1, 0.15) is 107 Å². The van der Waals surface area contributed by atoms with Gasteiger partial charge in [0.25, 0.3) is 0 Å². The summed E-state index contributed by atoms with van der Waals surface area (Å²) in [6.45, 7) is 18.1. The smallest absolute Gasteiger partial charge is 0.500 e. The largest absolute Gasteiger partial charge is 3.00 e. The Morgan fingerprint density at radius 2 is 0.955 bits per heavy atom. The van der Waals surface area contributed by atoms with Gasteiger partial charge in [-0.2, -0.15) is 5.26 Å². The zero-order chi connectivity index (χ0) is 60.1. The predicted octanol–water partition coefficient (Wildman–Crippen LogP) is 21.1. The summed E-state index contributed by atoms with van der Waals surface area (Å²) in [6, 6.07) is 91.1. The molecule has 0 aliphatic heterocycles. The molecule has 14 rings (SSSR count). The molecule has 7 nitrogen and oxygen atoms in total. The summed E-state index contributed by atoms with van der Waals surface area (Å²) < 4.78 is 11.2. The number of benzene rings is 10. The number of pyridine rings is 1. The summed E-state index contributed by atoms with van der Waals surface area (Å²) in [5.41, 5.74) is 22.3. The molecule has 0 aliphatic carbocycles. The van der Waals surface area contributed by atoms with Gasteiger partial charge >= 0.3 is 20.1 Å². The number of fused-ring (bicyclic) bond motifs is 5. The second-order valence-corrected chi connectivity index (χ2v) is 23.2. The van der Waals surface area contributed by atoms with Crippen LogP contribution in [0.2, 0.25) is 0 Å². The van der Waals surface area contributed by atoms with Crippen LogP contribution in [0.5, 0.6) is 0 Å². The average Bonchev–Trinajstić information content (AvgIpc) is 1.61. The summed E-state index contributed by atoms with van der Waals surface area (Å²) in [7, 11) is 0. The number of rotatable bonds is 11. The van der Waals surface area contributed by atoms with Gasteiger partial charge in [0, 0.05) is 23.0 Å². The van der Waals surface area contributed by atoms with Crippen molar-refractivity contribution in [2.75, 3.05) is 0 Å². The number of imidazole rings is 2. The van der Waals surface area contributed by atoms with E-state index in [9.17, 15) is 5.26 Å². The van der Waals surface area contributed by atoms with Gasteiger partial charge in [0.15, 0.2) is 0 Å². The van der Waals surface area contributed by atoms with Crippen LogP contribution in [0.25, 0.3) is 112 Å². The molecule has 0 fully saturated rings.